The second-order valence-corrected chi connectivity index (χ2v) is 4.15. The van der Waals surface area contributed by atoms with E-state index in [0.29, 0.717) is 23.9 Å². The van der Waals surface area contributed by atoms with Gasteiger partial charge in [-0.3, -0.25) is 9.89 Å². The van der Waals surface area contributed by atoms with Gasteiger partial charge in [0.2, 0.25) is 5.91 Å². The maximum absolute atomic E-state index is 11.7. The van der Waals surface area contributed by atoms with Gasteiger partial charge >= 0.3 is 0 Å². The molecule has 1 aromatic heterocycles. The number of nitrogens with zero attached hydrogens (tertiary/aromatic N) is 1. The number of nitrogen functional groups attached to an aromatic ring is 1. The Balaban J connectivity index is 1.77. The Morgan fingerprint density at radius 2 is 2.37 bits per heavy atom. The molecular formula is C13H16N4O2. The first kappa shape index (κ1) is 12.9. The zero-order chi connectivity index (χ0) is 13.7. The largest absolute Gasteiger partial charge is 0.493 e. The second-order valence-electron chi connectivity index (χ2n) is 4.15. The molecule has 6 heteroatoms. The van der Waals surface area contributed by atoms with Crippen LogP contribution in [0.4, 0.5) is 11.5 Å². The first-order valence-corrected chi connectivity index (χ1v) is 5.93. The van der Waals surface area contributed by atoms with E-state index in [0.717, 1.165) is 5.56 Å². The van der Waals surface area contributed by atoms with E-state index in [2.05, 4.69) is 15.5 Å². The molecule has 0 aliphatic carbocycles. The third-order valence-electron chi connectivity index (χ3n) is 2.55. The van der Waals surface area contributed by atoms with Crippen LogP contribution in [-0.2, 0) is 4.79 Å². The average molecular weight is 260 g/mol. The standard InChI is InChI=1S/C13H16N4O2/c1-9-8-15-17-13(9)16-12(18)5-6-19-11-4-2-3-10(14)7-11/h2-4,7-8H,5-6,14H2,1H3,(H2,15,16,17,18). The van der Waals surface area contributed by atoms with Crippen molar-refractivity contribution in [2.24, 2.45) is 0 Å². The first-order chi connectivity index (χ1) is 9.15. The monoisotopic (exact) mass is 260 g/mol. The van der Waals surface area contributed by atoms with Crippen LogP contribution in [0.2, 0.25) is 0 Å². The van der Waals surface area contributed by atoms with E-state index in [1.807, 2.05) is 6.92 Å². The van der Waals surface area contributed by atoms with E-state index in [1.165, 1.54) is 0 Å². The van der Waals surface area contributed by atoms with Crippen molar-refractivity contribution in [3.05, 3.63) is 36.0 Å². The molecule has 0 aliphatic rings. The predicted molar refractivity (Wildman–Crippen MR) is 72.9 cm³/mol. The number of ether oxygens (including phenoxy) is 1. The fourth-order valence-electron chi connectivity index (χ4n) is 1.54. The highest BCUT2D eigenvalue weighted by atomic mass is 16.5. The molecule has 2 aromatic rings. The Labute approximate surface area is 111 Å². The van der Waals surface area contributed by atoms with Gasteiger partial charge in [0.05, 0.1) is 19.2 Å². The molecule has 1 heterocycles. The number of aromatic nitrogens is 2. The molecule has 0 atom stereocenters. The Morgan fingerprint density at radius 3 is 3.05 bits per heavy atom. The Hall–Kier alpha value is -2.50. The molecule has 1 amide bonds. The molecule has 0 radical (unpaired) electrons. The van der Waals surface area contributed by atoms with Crippen LogP contribution in [0.3, 0.4) is 0 Å². The van der Waals surface area contributed by atoms with Crippen LogP contribution in [-0.4, -0.2) is 22.7 Å². The smallest absolute Gasteiger partial charge is 0.228 e. The quantitative estimate of drug-likeness (QED) is 0.713. The molecule has 1 aromatic carbocycles. The number of hydrogen-bond acceptors (Lipinski definition) is 4. The molecule has 100 valence electrons. The van der Waals surface area contributed by atoms with Gasteiger partial charge in [0.1, 0.15) is 11.6 Å². The van der Waals surface area contributed by atoms with Gasteiger partial charge in [0.25, 0.3) is 0 Å². The summed E-state index contributed by atoms with van der Waals surface area (Å²) in [4.78, 5) is 11.7. The molecule has 0 saturated carbocycles. The Kier molecular flexibility index (Phi) is 4.02. The number of H-pyrrole nitrogens is 1. The fourth-order valence-corrected chi connectivity index (χ4v) is 1.54. The summed E-state index contributed by atoms with van der Waals surface area (Å²) >= 11 is 0. The van der Waals surface area contributed by atoms with E-state index in [4.69, 9.17) is 10.5 Å². The van der Waals surface area contributed by atoms with Crippen LogP contribution in [0.25, 0.3) is 0 Å². The average Bonchev–Trinajstić information content (AvgIpc) is 2.75. The van der Waals surface area contributed by atoms with Crippen molar-refractivity contribution >= 4 is 17.4 Å². The molecule has 0 aliphatic heterocycles. The highest BCUT2D eigenvalue weighted by molar-refractivity contribution is 5.90. The third kappa shape index (κ3) is 3.74. The molecule has 0 bridgehead atoms. The van der Waals surface area contributed by atoms with Gasteiger partial charge in [-0.25, -0.2) is 0 Å². The Morgan fingerprint density at radius 1 is 1.53 bits per heavy atom. The van der Waals surface area contributed by atoms with Crippen molar-refractivity contribution in [2.75, 3.05) is 17.7 Å². The number of benzene rings is 1. The number of carbonyl (C=O) groups excluding carboxylic acids is 1. The van der Waals surface area contributed by atoms with Crippen molar-refractivity contribution in [2.45, 2.75) is 13.3 Å². The number of amides is 1. The number of aromatic amines is 1. The predicted octanol–water partition coefficient (Wildman–Crippen LogP) is 1.71. The molecule has 6 nitrogen and oxygen atoms in total. The minimum atomic E-state index is -0.128. The maximum atomic E-state index is 11.7. The van der Waals surface area contributed by atoms with Gasteiger partial charge in [-0.2, -0.15) is 5.10 Å². The highest BCUT2D eigenvalue weighted by Gasteiger charge is 2.06. The molecule has 2 rings (SSSR count). The number of aryl methyl sites for hydroxylation is 1. The van der Waals surface area contributed by atoms with Crippen LogP contribution in [0.15, 0.2) is 30.5 Å². The van der Waals surface area contributed by atoms with E-state index >= 15 is 0 Å². The summed E-state index contributed by atoms with van der Waals surface area (Å²) in [5.41, 5.74) is 7.15. The molecule has 0 spiro atoms. The summed E-state index contributed by atoms with van der Waals surface area (Å²) in [5.74, 6) is 1.15. The van der Waals surface area contributed by atoms with Gasteiger partial charge in [-0.1, -0.05) is 6.07 Å². The maximum Gasteiger partial charge on any atom is 0.228 e. The van der Waals surface area contributed by atoms with Gasteiger partial charge in [-0.05, 0) is 19.1 Å². The lowest BCUT2D eigenvalue weighted by atomic mass is 10.3. The number of anilines is 2. The van der Waals surface area contributed by atoms with Crippen LogP contribution in [0.5, 0.6) is 5.75 Å². The van der Waals surface area contributed by atoms with Crippen LogP contribution in [0.1, 0.15) is 12.0 Å². The lowest BCUT2D eigenvalue weighted by molar-refractivity contribution is -0.116. The topological polar surface area (TPSA) is 93.0 Å². The summed E-state index contributed by atoms with van der Waals surface area (Å²) in [5, 5.41) is 9.27. The fraction of sp³-hybridized carbons (Fsp3) is 0.231. The second kappa shape index (κ2) is 5.90. The van der Waals surface area contributed by atoms with Crippen molar-refractivity contribution in [3.8, 4) is 5.75 Å². The molecule has 19 heavy (non-hydrogen) atoms. The van der Waals surface area contributed by atoms with Gasteiger partial charge in [-0.15, -0.1) is 0 Å². The highest BCUT2D eigenvalue weighted by Crippen LogP contribution is 2.14. The Bertz CT molecular complexity index is 565. The zero-order valence-electron chi connectivity index (χ0n) is 10.6. The van der Waals surface area contributed by atoms with Crippen LogP contribution < -0.4 is 15.8 Å². The van der Waals surface area contributed by atoms with Crippen LogP contribution in [0, 0.1) is 6.92 Å². The minimum Gasteiger partial charge on any atom is -0.493 e. The van der Waals surface area contributed by atoms with E-state index in [9.17, 15) is 4.79 Å². The number of hydrogen-bond donors (Lipinski definition) is 3. The number of nitrogens with one attached hydrogen (secondary N) is 2. The summed E-state index contributed by atoms with van der Waals surface area (Å²) in [7, 11) is 0. The molecular weight excluding hydrogens is 244 g/mol. The minimum absolute atomic E-state index is 0.128. The lowest BCUT2D eigenvalue weighted by Gasteiger charge is -2.07. The molecule has 0 fully saturated rings. The zero-order valence-corrected chi connectivity index (χ0v) is 10.6. The van der Waals surface area contributed by atoms with E-state index in [1.54, 1.807) is 30.5 Å². The van der Waals surface area contributed by atoms with Crippen molar-refractivity contribution in [3.63, 3.8) is 0 Å². The lowest BCUT2D eigenvalue weighted by Crippen LogP contribution is -2.16. The summed E-state index contributed by atoms with van der Waals surface area (Å²) in [6.07, 6.45) is 1.91. The molecule has 0 saturated heterocycles. The first-order valence-electron chi connectivity index (χ1n) is 5.93. The summed E-state index contributed by atoms with van der Waals surface area (Å²) in [6, 6.07) is 7.10. The third-order valence-corrected chi connectivity index (χ3v) is 2.55. The number of nitrogens with two attached hydrogens (primary N) is 1. The number of rotatable bonds is 5. The summed E-state index contributed by atoms with van der Waals surface area (Å²) in [6.45, 7) is 2.16. The van der Waals surface area contributed by atoms with E-state index < -0.39 is 0 Å². The number of carbonyl (C=O) groups is 1. The van der Waals surface area contributed by atoms with Crippen LogP contribution >= 0.6 is 0 Å². The van der Waals surface area contributed by atoms with Gasteiger partial charge in [0.15, 0.2) is 0 Å². The normalized spacial score (nSPS) is 10.2. The SMILES string of the molecule is Cc1cn[nH]c1NC(=O)CCOc1cccc(N)c1. The van der Waals surface area contributed by atoms with Crippen molar-refractivity contribution < 1.29 is 9.53 Å². The van der Waals surface area contributed by atoms with Gasteiger partial charge in [0, 0.05) is 17.3 Å². The molecule has 0 unspecified atom stereocenters. The van der Waals surface area contributed by atoms with Gasteiger partial charge < -0.3 is 15.8 Å². The van der Waals surface area contributed by atoms with E-state index in [-0.39, 0.29) is 12.3 Å². The summed E-state index contributed by atoms with van der Waals surface area (Å²) < 4.78 is 5.44. The van der Waals surface area contributed by atoms with Crippen molar-refractivity contribution in [1.82, 2.24) is 10.2 Å². The van der Waals surface area contributed by atoms with Crippen molar-refractivity contribution in [1.29, 1.82) is 0 Å². The molecule has 4 N–H and O–H groups in total.